The highest BCUT2D eigenvalue weighted by Gasteiger charge is 2.39. The first-order chi connectivity index (χ1) is 9.20. The van der Waals surface area contributed by atoms with E-state index in [4.69, 9.17) is 0 Å². The van der Waals surface area contributed by atoms with E-state index in [2.05, 4.69) is 50.4 Å². The molecular weight excluding hydrogens is 230 g/mol. The number of hydrogen-bond acceptors (Lipinski definition) is 1. The molecule has 1 aromatic rings. The summed E-state index contributed by atoms with van der Waals surface area (Å²) in [6, 6.07) is 9.67. The van der Waals surface area contributed by atoms with Gasteiger partial charge in [-0.1, -0.05) is 56.5 Å². The van der Waals surface area contributed by atoms with Gasteiger partial charge >= 0.3 is 0 Å². The van der Waals surface area contributed by atoms with Crippen molar-refractivity contribution >= 4 is 0 Å². The van der Waals surface area contributed by atoms with Crippen LogP contribution in [0, 0.1) is 12.3 Å². The highest BCUT2D eigenvalue weighted by atomic mass is 14.9. The molecule has 1 unspecified atom stereocenters. The van der Waals surface area contributed by atoms with Crippen LogP contribution in [0.2, 0.25) is 0 Å². The fourth-order valence-corrected chi connectivity index (χ4v) is 3.85. The third-order valence-electron chi connectivity index (χ3n) is 5.02. The molecule has 0 heterocycles. The van der Waals surface area contributed by atoms with Crippen LogP contribution in [-0.4, -0.2) is 12.6 Å². The third kappa shape index (κ3) is 3.39. The lowest BCUT2D eigenvalue weighted by Gasteiger charge is -2.38. The Morgan fingerprint density at radius 2 is 1.95 bits per heavy atom. The van der Waals surface area contributed by atoms with E-state index in [0.717, 1.165) is 6.54 Å². The first kappa shape index (κ1) is 14.6. The van der Waals surface area contributed by atoms with Crippen molar-refractivity contribution in [1.82, 2.24) is 5.32 Å². The first-order valence-corrected chi connectivity index (χ1v) is 7.99. The van der Waals surface area contributed by atoms with Crippen molar-refractivity contribution < 1.29 is 0 Å². The molecule has 0 aliphatic heterocycles. The summed E-state index contributed by atoms with van der Waals surface area (Å²) >= 11 is 0. The van der Waals surface area contributed by atoms with Crippen molar-refractivity contribution in [2.75, 3.05) is 6.54 Å². The molecule has 2 rings (SSSR count). The van der Waals surface area contributed by atoms with Gasteiger partial charge in [-0.2, -0.15) is 0 Å². The normalized spacial score (nSPS) is 19.5. The van der Waals surface area contributed by atoms with E-state index in [0.29, 0.717) is 11.5 Å². The summed E-state index contributed by atoms with van der Waals surface area (Å²) in [5.41, 5.74) is 3.41. The van der Waals surface area contributed by atoms with E-state index in [9.17, 15) is 0 Å². The lowest BCUT2D eigenvalue weighted by molar-refractivity contribution is 0.186. The Morgan fingerprint density at radius 3 is 2.53 bits per heavy atom. The average Bonchev–Trinajstić information content (AvgIpc) is 2.88. The van der Waals surface area contributed by atoms with Gasteiger partial charge in [0.25, 0.3) is 0 Å². The minimum absolute atomic E-state index is 0.541. The average molecular weight is 259 g/mol. The molecule has 0 aromatic heterocycles. The van der Waals surface area contributed by atoms with Gasteiger partial charge in [0, 0.05) is 6.04 Å². The third-order valence-corrected chi connectivity index (χ3v) is 5.02. The van der Waals surface area contributed by atoms with Crippen molar-refractivity contribution in [2.24, 2.45) is 5.41 Å². The number of aryl methyl sites for hydroxylation is 1. The molecule has 0 bridgehead atoms. The second kappa shape index (κ2) is 6.56. The highest BCUT2D eigenvalue weighted by molar-refractivity contribution is 5.23. The second-order valence-electron chi connectivity index (χ2n) is 6.23. The summed E-state index contributed by atoms with van der Waals surface area (Å²) in [6.45, 7) is 7.89. The molecule has 1 aromatic carbocycles. The van der Waals surface area contributed by atoms with Crippen LogP contribution >= 0.6 is 0 Å². The molecular formula is C18H29N. The molecule has 0 spiro atoms. The fraction of sp³-hybridized carbons (Fsp3) is 0.667. The van der Waals surface area contributed by atoms with E-state index in [1.54, 1.807) is 0 Å². The minimum Gasteiger partial charge on any atom is -0.313 e. The van der Waals surface area contributed by atoms with Crippen LogP contribution in [0.25, 0.3) is 0 Å². The van der Waals surface area contributed by atoms with E-state index in [1.807, 2.05) is 0 Å². The first-order valence-electron chi connectivity index (χ1n) is 7.99. The van der Waals surface area contributed by atoms with Crippen LogP contribution in [0.3, 0.4) is 0 Å². The number of benzene rings is 1. The van der Waals surface area contributed by atoms with Crippen molar-refractivity contribution in [1.29, 1.82) is 0 Å². The molecule has 0 saturated heterocycles. The smallest absolute Gasteiger partial charge is 0.0164 e. The van der Waals surface area contributed by atoms with Gasteiger partial charge in [-0.05, 0) is 50.1 Å². The highest BCUT2D eigenvalue weighted by Crippen LogP contribution is 2.44. The zero-order valence-electron chi connectivity index (χ0n) is 12.8. The summed E-state index contributed by atoms with van der Waals surface area (Å²) in [5.74, 6) is 0. The lowest BCUT2D eigenvalue weighted by Crippen LogP contribution is -2.45. The predicted molar refractivity (Wildman–Crippen MR) is 83.5 cm³/mol. The monoisotopic (exact) mass is 259 g/mol. The molecule has 1 heteroatoms. The van der Waals surface area contributed by atoms with Crippen molar-refractivity contribution in [3.05, 3.63) is 35.4 Å². The molecule has 19 heavy (non-hydrogen) atoms. The fourth-order valence-electron chi connectivity index (χ4n) is 3.85. The number of likely N-dealkylation sites (N-methyl/N-ethyl adjacent to an activating group) is 1. The Morgan fingerprint density at radius 1 is 1.21 bits per heavy atom. The Labute approximate surface area is 118 Å². The van der Waals surface area contributed by atoms with Crippen LogP contribution in [0.5, 0.6) is 0 Å². The van der Waals surface area contributed by atoms with Crippen LogP contribution < -0.4 is 5.32 Å². The zero-order chi connectivity index (χ0) is 13.7. The van der Waals surface area contributed by atoms with Crippen molar-refractivity contribution in [3.8, 4) is 0 Å². The number of hydrogen-bond donors (Lipinski definition) is 1. The van der Waals surface area contributed by atoms with E-state index in [1.165, 1.54) is 49.7 Å². The van der Waals surface area contributed by atoms with Crippen LogP contribution in [0.15, 0.2) is 24.3 Å². The van der Waals surface area contributed by atoms with Crippen LogP contribution in [0.1, 0.15) is 57.1 Å². The number of rotatable bonds is 6. The van der Waals surface area contributed by atoms with Gasteiger partial charge in [0.05, 0.1) is 0 Å². The maximum absolute atomic E-state index is 3.78. The van der Waals surface area contributed by atoms with Crippen molar-refractivity contribution in [3.63, 3.8) is 0 Å². The van der Waals surface area contributed by atoms with Gasteiger partial charge in [-0.3, -0.25) is 0 Å². The molecule has 1 N–H and O–H groups in total. The Balaban J connectivity index is 2.15. The predicted octanol–water partition coefficient (Wildman–Crippen LogP) is 4.49. The molecule has 1 saturated carbocycles. The Hall–Kier alpha value is -0.820. The Bertz CT molecular complexity index is 390. The van der Waals surface area contributed by atoms with Crippen molar-refractivity contribution in [2.45, 2.75) is 65.3 Å². The zero-order valence-corrected chi connectivity index (χ0v) is 12.8. The standard InChI is InChI=1S/C18H29N/c1-4-18(11-6-7-12-18)17(19-5-2)14-16-10-8-9-15(3)13-16/h8-10,13,17,19H,4-7,11-12,14H2,1-3H3. The molecule has 1 aliphatic carbocycles. The molecule has 0 amide bonds. The second-order valence-corrected chi connectivity index (χ2v) is 6.23. The van der Waals surface area contributed by atoms with Gasteiger partial charge < -0.3 is 5.32 Å². The van der Waals surface area contributed by atoms with Gasteiger partial charge in [-0.15, -0.1) is 0 Å². The lowest BCUT2D eigenvalue weighted by atomic mass is 9.74. The summed E-state index contributed by atoms with van der Waals surface area (Å²) < 4.78 is 0. The van der Waals surface area contributed by atoms with Gasteiger partial charge in [-0.25, -0.2) is 0 Å². The summed E-state index contributed by atoms with van der Waals surface area (Å²) in [7, 11) is 0. The SMILES string of the molecule is CCNC(Cc1cccc(C)c1)C1(CC)CCCC1. The molecule has 1 nitrogen and oxygen atoms in total. The molecule has 1 atom stereocenters. The topological polar surface area (TPSA) is 12.0 Å². The number of nitrogens with one attached hydrogen (secondary N) is 1. The summed E-state index contributed by atoms with van der Waals surface area (Å²) in [5, 5.41) is 3.78. The minimum atomic E-state index is 0.541. The van der Waals surface area contributed by atoms with E-state index in [-0.39, 0.29) is 0 Å². The maximum atomic E-state index is 3.78. The van der Waals surface area contributed by atoms with Crippen LogP contribution in [-0.2, 0) is 6.42 Å². The Kier molecular flexibility index (Phi) is 5.04. The van der Waals surface area contributed by atoms with E-state index >= 15 is 0 Å². The molecule has 0 radical (unpaired) electrons. The summed E-state index contributed by atoms with van der Waals surface area (Å²) in [4.78, 5) is 0. The van der Waals surface area contributed by atoms with Gasteiger partial charge in [0.1, 0.15) is 0 Å². The molecule has 106 valence electrons. The molecule has 1 fully saturated rings. The summed E-state index contributed by atoms with van der Waals surface area (Å²) in [6.07, 6.45) is 8.16. The quantitative estimate of drug-likeness (QED) is 0.794. The largest absolute Gasteiger partial charge is 0.313 e. The van der Waals surface area contributed by atoms with Gasteiger partial charge in [0.15, 0.2) is 0 Å². The van der Waals surface area contributed by atoms with Crippen LogP contribution in [0.4, 0.5) is 0 Å². The molecule has 1 aliphatic rings. The van der Waals surface area contributed by atoms with E-state index < -0.39 is 0 Å². The van der Waals surface area contributed by atoms with Gasteiger partial charge in [0.2, 0.25) is 0 Å². The maximum Gasteiger partial charge on any atom is 0.0164 e.